The van der Waals surface area contributed by atoms with Gasteiger partial charge in [0, 0.05) is 10.6 Å². The lowest BCUT2D eigenvalue weighted by molar-refractivity contribution is 0.101. The minimum absolute atomic E-state index is 0.0152. The van der Waals surface area contributed by atoms with E-state index in [1.54, 1.807) is 22.9 Å². The summed E-state index contributed by atoms with van der Waals surface area (Å²) in [6.45, 7) is 4.50. The van der Waals surface area contributed by atoms with Crippen LogP contribution in [0.25, 0.3) is 17.1 Å². The fraction of sp³-hybridized carbons (Fsp3) is 0.125. The fourth-order valence-corrected chi connectivity index (χ4v) is 3.63. The molecule has 6 nitrogen and oxygen atoms in total. The Morgan fingerprint density at radius 3 is 2.53 bits per heavy atom. The largest absolute Gasteiger partial charge is 0.494 e. The van der Waals surface area contributed by atoms with Gasteiger partial charge in [-0.05, 0) is 62.4 Å². The van der Waals surface area contributed by atoms with Crippen molar-refractivity contribution in [3.63, 3.8) is 0 Å². The average molecular weight is 467 g/mol. The Labute approximate surface area is 195 Å². The van der Waals surface area contributed by atoms with E-state index in [4.69, 9.17) is 27.9 Å². The molecule has 0 saturated heterocycles. The molecule has 1 amide bonds. The van der Waals surface area contributed by atoms with Crippen molar-refractivity contribution in [2.75, 3.05) is 11.9 Å². The summed E-state index contributed by atoms with van der Waals surface area (Å²) >= 11 is 12.1. The highest BCUT2D eigenvalue weighted by Gasteiger charge is 2.20. The summed E-state index contributed by atoms with van der Waals surface area (Å²) in [5.74, 6) is 0.836. The van der Waals surface area contributed by atoms with Crippen LogP contribution in [0.5, 0.6) is 5.75 Å². The van der Waals surface area contributed by atoms with Gasteiger partial charge >= 0.3 is 0 Å². The van der Waals surface area contributed by atoms with Gasteiger partial charge in [0.2, 0.25) is 5.82 Å². The number of benzene rings is 3. The van der Waals surface area contributed by atoms with E-state index >= 15 is 0 Å². The lowest BCUT2D eigenvalue weighted by Gasteiger charge is -2.08. The molecule has 0 fully saturated rings. The molecule has 0 aliphatic heterocycles. The van der Waals surface area contributed by atoms with Crippen LogP contribution in [0.3, 0.4) is 0 Å². The van der Waals surface area contributed by atoms with Crippen molar-refractivity contribution in [2.45, 2.75) is 13.8 Å². The van der Waals surface area contributed by atoms with Crippen LogP contribution >= 0.6 is 23.2 Å². The number of anilines is 1. The zero-order valence-corrected chi connectivity index (χ0v) is 19.0. The fourth-order valence-electron chi connectivity index (χ4n) is 3.18. The summed E-state index contributed by atoms with van der Waals surface area (Å²) in [6, 6.07) is 20.2. The van der Waals surface area contributed by atoms with Gasteiger partial charge in [-0.25, -0.2) is 9.67 Å². The Balaban J connectivity index is 1.74. The van der Waals surface area contributed by atoms with Gasteiger partial charge in [-0.15, -0.1) is 5.10 Å². The number of amides is 1. The number of nitrogens with zero attached hydrogens (tertiary/aromatic N) is 3. The Bertz CT molecular complexity index is 1270. The predicted octanol–water partition coefficient (Wildman–Crippen LogP) is 6.20. The molecule has 1 aromatic heterocycles. The van der Waals surface area contributed by atoms with Crippen LogP contribution in [0.15, 0.2) is 66.7 Å². The molecule has 0 bridgehead atoms. The van der Waals surface area contributed by atoms with Crippen LogP contribution in [0.2, 0.25) is 10.0 Å². The van der Waals surface area contributed by atoms with Crippen molar-refractivity contribution in [1.29, 1.82) is 0 Å². The van der Waals surface area contributed by atoms with Gasteiger partial charge in [-0.1, -0.05) is 47.0 Å². The maximum atomic E-state index is 12.9. The van der Waals surface area contributed by atoms with Gasteiger partial charge in [0.15, 0.2) is 5.82 Å². The van der Waals surface area contributed by atoms with E-state index in [-0.39, 0.29) is 5.82 Å². The number of hydrogen-bond acceptors (Lipinski definition) is 4. The molecule has 4 aromatic rings. The summed E-state index contributed by atoms with van der Waals surface area (Å²) in [7, 11) is 0. The minimum atomic E-state index is -0.479. The summed E-state index contributed by atoms with van der Waals surface area (Å²) in [5, 5.41) is 8.04. The molecule has 0 radical (unpaired) electrons. The predicted molar refractivity (Wildman–Crippen MR) is 127 cm³/mol. The Morgan fingerprint density at radius 2 is 1.84 bits per heavy atom. The van der Waals surface area contributed by atoms with Crippen LogP contribution in [0.1, 0.15) is 23.1 Å². The number of halogens is 2. The molecule has 0 atom stereocenters. The van der Waals surface area contributed by atoms with Gasteiger partial charge in [0.1, 0.15) is 5.75 Å². The van der Waals surface area contributed by atoms with E-state index in [0.29, 0.717) is 28.2 Å². The summed E-state index contributed by atoms with van der Waals surface area (Å²) in [5.41, 5.74) is 3.09. The van der Waals surface area contributed by atoms with Crippen molar-refractivity contribution >= 4 is 34.8 Å². The summed E-state index contributed by atoms with van der Waals surface area (Å²) < 4.78 is 7.17. The minimum Gasteiger partial charge on any atom is -0.494 e. The number of rotatable bonds is 6. The number of nitrogens with one attached hydrogen (secondary N) is 1. The van der Waals surface area contributed by atoms with E-state index in [1.165, 1.54) is 0 Å². The Morgan fingerprint density at radius 1 is 1.06 bits per heavy atom. The van der Waals surface area contributed by atoms with Gasteiger partial charge in [-0.3, -0.25) is 4.79 Å². The Kier molecular flexibility index (Phi) is 6.44. The number of carbonyl (C=O) groups is 1. The van der Waals surface area contributed by atoms with E-state index in [2.05, 4.69) is 15.4 Å². The van der Waals surface area contributed by atoms with Gasteiger partial charge < -0.3 is 10.1 Å². The summed E-state index contributed by atoms with van der Waals surface area (Å²) in [6.07, 6.45) is 0. The third-order valence-electron chi connectivity index (χ3n) is 4.66. The first kappa shape index (κ1) is 21.9. The normalized spacial score (nSPS) is 10.8. The topological polar surface area (TPSA) is 69.0 Å². The second-order valence-corrected chi connectivity index (χ2v) is 7.89. The monoisotopic (exact) mass is 466 g/mol. The molecule has 3 aromatic carbocycles. The molecule has 0 aliphatic carbocycles. The zero-order chi connectivity index (χ0) is 22.7. The number of carbonyl (C=O) groups excluding carboxylic acids is 1. The Hall–Kier alpha value is -3.35. The van der Waals surface area contributed by atoms with Crippen LogP contribution in [0.4, 0.5) is 5.69 Å². The van der Waals surface area contributed by atoms with E-state index in [9.17, 15) is 4.79 Å². The highest BCUT2D eigenvalue weighted by atomic mass is 35.5. The van der Waals surface area contributed by atoms with Gasteiger partial charge in [0.05, 0.1) is 23.0 Å². The molecule has 1 heterocycles. The van der Waals surface area contributed by atoms with Crippen molar-refractivity contribution in [1.82, 2.24) is 14.8 Å². The molecule has 4 rings (SSSR count). The summed E-state index contributed by atoms with van der Waals surface area (Å²) in [4.78, 5) is 17.5. The van der Waals surface area contributed by atoms with E-state index < -0.39 is 5.91 Å². The second kappa shape index (κ2) is 9.42. The van der Waals surface area contributed by atoms with E-state index in [0.717, 1.165) is 22.6 Å². The standard InChI is InChI=1S/C24H20Cl2N4O2/c1-3-32-19-10-8-18(9-11-19)30-23(16-6-4-5-15(2)13-16)28-22(29-30)24(31)27-21-12-7-17(25)14-20(21)26/h4-14H,3H2,1-2H3,(H,27,31). The molecule has 0 spiro atoms. The lowest BCUT2D eigenvalue weighted by Crippen LogP contribution is -2.14. The molecule has 0 saturated carbocycles. The molecular weight excluding hydrogens is 447 g/mol. The molecule has 0 aliphatic rings. The van der Waals surface area contributed by atoms with Crippen molar-refractivity contribution < 1.29 is 9.53 Å². The first-order chi connectivity index (χ1) is 15.4. The quantitative estimate of drug-likeness (QED) is 0.367. The average Bonchev–Trinajstić information content (AvgIpc) is 3.22. The van der Waals surface area contributed by atoms with Crippen LogP contribution < -0.4 is 10.1 Å². The molecular formula is C24H20Cl2N4O2. The molecule has 162 valence electrons. The van der Waals surface area contributed by atoms with Gasteiger partial charge in [0.25, 0.3) is 5.91 Å². The van der Waals surface area contributed by atoms with Crippen LogP contribution in [-0.4, -0.2) is 27.3 Å². The molecule has 32 heavy (non-hydrogen) atoms. The third kappa shape index (κ3) is 4.77. The highest BCUT2D eigenvalue weighted by Crippen LogP contribution is 2.27. The zero-order valence-electron chi connectivity index (χ0n) is 17.5. The van der Waals surface area contributed by atoms with Crippen molar-refractivity contribution in [3.8, 4) is 22.8 Å². The van der Waals surface area contributed by atoms with Crippen LogP contribution in [0, 0.1) is 6.92 Å². The first-order valence-corrected chi connectivity index (χ1v) is 10.7. The van der Waals surface area contributed by atoms with Crippen LogP contribution in [-0.2, 0) is 0 Å². The van der Waals surface area contributed by atoms with Crippen molar-refractivity contribution in [3.05, 3.63) is 88.2 Å². The number of aryl methyl sites for hydroxylation is 1. The van der Waals surface area contributed by atoms with Crippen molar-refractivity contribution in [2.24, 2.45) is 0 Å². The molecule has 1 N–H and O–H groups in total. The molecule has 8 heteroatoms. The molecule has 0 unspecified atom stereocenters. The SMILES string of the molecule is CCOc1ccc(-n2nc(C(=O)Nc3ccc(Cl)cc3Cl)nc2-c2cccc(C)c2)cc1. The second-order valence-electron chi connectivity index (χ2n) is 7.05. The third-order valence-corrected chi connectivity index (χ3v) is 5.21. The number of aromatic nitrogens is 3. The highest BCUT2D eigenvalue weighted by molar-refractivity contribution is 6.36. The smallest absolute Gasteiger partial charge is 0.295 e. The number of hydrogen-bond donors (Lipinski definition) is 1. The van der Waals surface area contributed by atoms with E-state index in [1.807, 2.05) is 62.4 Å². The number of ether oxygens (including phenoxy) is 1. The maximum absolute atomic E-state index is 12.9. The van der Waals surface area contributed by atoms with Gasteiger partial charge in [-0.2, -0.15) is 0 Å². The lowest BCUT2D eigenvalue weighted by atomic mass is 10.1. The first-order valence-electron chi connectivity index (χ1n) is 9.98. The maximum Gasteiger partial charge on any atom is 0.295 e.